The molecule has 0 amide bonds. The number of hydrogen-bond donors (Lipinski definition) is 1. The molecule has 4 heteroatoms. The normalized spacial score (nSPS) is 18.5. The van der Waals surface area contributed by atoms with Crippen LogP contribution >= 0.6 is 0 Å². The molecule has 1 N–H and O–H groups in total. The lowest BCUT2D eigenvalue weighted by Gasteiger charge is -2.35. The maximum absolute atomic E-state index is 13.3. The molecule has 0 saturated carbocycles. The highest BCUT2D eigenvalue weighted by Crippen LogP contribution is 2.29. The summed E-state index contributed by atoms with van der Waals surface area (Å²) in [5, 5.41) is 3.51. The van der Waals surface area contributed by atoms with E-state index in [9.17, 15) is 4.39 Å². The quantitative estimate of drug-likeness (QED) is 0.864. The molecule has 1 aliphatic rings. The van der Waals surface area contributed by atoms with E-state index in [0.717, 1.165) is 12.2 Å². The second-order valence-electron chi connectivity index (χ2n) is 5.78. The molecule has 1 aromatic rings. The van der Waals surface area contributed by atoms with Crippen molar-refractivity contribution in [1.29, 1.82) is 0 Å². The summed E-state index contributed by atoms with van der Waals surface area (Å²) < 4.78 is 18.9. The monoisotopic (exact) mass is 294 g/mol. The molecule has 0 spiro atoms. The van der Waals surface area contributed by atoms with Crippen molar-refractivity contribution in [1.82, 2.24) is 4.90 Å². The fourth-order valence-corrected chi connectivity index (χ4v) is 3.02. The number of rotatable bonds is 6. The van der Waals surface area contributed by atoms with Crippen LogP contribution in [-0.4, -0.2) is 37.2 Å². The summed E-state index contributed by atoms with van der Waals surface area (Å²) in [5.41, 5.74) is 0.892. The van der Waals surface area contributed by atoms with Gasteiger partial charge in [0.2, 0.25) is 0 Å². The van der Waals surface area contributed by atoms with Gasteiger partial charge in [-0.1, -0.05) is 6.92 Å². The van der Waals surface area contributed by atoms with Crippen LogP contribution in [0.1, 0.15) is 33.6 Å². The number of likely N-dealkylation sites (tertiary alicyclic amines) is 1. The predicted molar refractivity (Wildman–Crippen MR) is 85.5 cm³/mol. The first-order valence-corrected chi connectivity index (χ1v) is 8.05. The molecule has 0 bridgehead atoms. The third-order valence-corrected chi connectivity index (χ3v) is 4.41. The van der Waals surface area contributed by atoms with Gasteiger partial charge in [0, 0.05) is 12.1 Å². The van der Waals surface area contributed by atoms with Crippen LogP contribution in [-0.2, 0) is 0 Å². The van der Waals surface area contributed by atoms with Crippen molar-refractivity contribution < 1.29 is 9.13 Å². The minimum absolute atomic E-state index is 0.257. The molecule has 118 valence electrons. The molecule has 1 aromatic carbocycles. The van der Waals surface area contributed by atoms with Crippen molar-refractivity contribution in [2.24, 2.45) is 5.92 Å². The summed E-state index contributed by atoms with van der Waals surface area (Å²) in [4.78, 5) is 2.49. The molecule has 3 nitrogen and oxygen atoms in total. The molecule has 2 rings (SSSR count). The predicted octanol–water partition coefficient (Wildman–Crippen LogP) is 3.76. The SMILES string of the molecule is CCOc1cc(F)ccc1NC(C)C1CCN(CC)CC1. The van der Waals surface area contributed by atoms with E-state index >= 15 is 0 Å². The first kappa shape index (κ1) is 16.1. The Morgan fingerprint density at radius 3 is 2.67 bits per heavy atom. The van der Waals surface area contributed by atoms with Gasteiger partial charge in [-0.2, -0.15) is 0 Å². The smallest absolute Gasteiger partial charge is 0.145 e. The fraction of sp³-hybridized carbons (Fsp3) is 0.647. The first-order chi connectivity index (χ1) is 10.1. The van der Waals surface area contributed by atoms with Gasteiger partial charge in [0.25, 0.3) is 0 Å². The van der Waals surface area contributed by atoms with Crippen molar-refractivity contribution in [2.75, 3.05) is 31.6 Å². The third kappa shape index (κ3) is 4.34. The van der Waals surface area contributed by atoms with E-state index in [0.29, 0.717) is 24.3 Å². The van der Waals surface area contributed by atoms with Crippen LogP contribution in [0, 0.1) is 11.7 Å². The van der Waals surface area contributed by atoms with E-state index in [1.165, 1.54) is 38.1 Å². The average Bonchev–Trinajstić information content (AvgIpc) is 2.50. The van der Waals surface area contributed by atoms with Gasteiger partial charge in [0.05, 0.1) is 12.3 Å². The second kappa shape index (κ2) is 7.64. The van der Waals surface area contributed by atoms with E-state index < -0.39 is 0 Å². The number of nitrogens with one attached hydrogen (secondary N) is 1. The minimum Gasteiger partial charge on any atom is -0.492 e. The van der Waals surface area contributed by atoms with Crippen LogP contribution in [0.2, 0.25) is 0 Å². The lowest BCUT2D eigenvalue weighted by molar-refractivity contribution is 0.183. The molecular formula is C17H27FN2O. The van der Waals surface area contributed by atoms with Crippen molar-refractivity contribution in [3.63, 3.8) is 0 Å². The Bertz CT molecular complexity index is 444. The molecule has 1 heterocycles. The summed E-state index contributed by atoms with van der Waals surface area (Å²) in [5.74, 6) is 1.01. The topological polar surface area (TPSA) is 24.5 Å². The van der Waals surface area contributed by atoms with E-state index in [2.05, 4.69) is 24.1 Å². The molecule has 0 aromatic heterocycles. The Morgan fingerprint density at radius 2 is 2.05 bits per heavy atom. The zero-order valence-electron chi connectivity index (χ0n) is 13.4. The standard InChI is InChI=1S/C17H27FN2O/c1-4-20-10-8-14(9-11-20)13(3)19-16-7-6-15(18)12-17(16)21-5-2/h6-7,12-14,19H,4-5,8-11H2,1-3H3. The molecular weight excluding hydrogens is 267 g/mol. The Balaban J connectivity index is 1.97. The number of nitrogens with zero attached hydrogens (tertiary/aromatic N) is 1. The molecule has 1 unspecified atom stereocenters. The molecule has 1 atom stereocenters. The maximum atomic E-state index is 13.3. The number of hydrogen-bond acceptors (Lipinski definition) is 3. The molecule has 0 radical (unpaired) electrons. The van der Waals surface area contributed by atoms with Crippen LogP contribution in [0.5, 0.6) is 5.75 Å². The maximum Gasteiger partial charge on any atom is 0.145 e. The molecule has 1 saturated heterocycles. The van der Waals surface area contributed by atoms with Gasteiger partial charge >= 0.3 is 0 Å². The van der Waals surface area contributed by atoms with Crippen LogP contribution in [0.25, 0.3) is 0 Å². The van der Waals surface area contributed by atoms with Crippen molar-refractivity contribution in [3.05, 3.63) is 24.0 Å². The average molecular weight is 294 g/mol. The highest BCUT2D eigenvalue weighted by atomic mass is 19.1. The number of ether oxygens (including phenoxy) is 1. The van der Waals surface area contributed by atoms with Crippen molar-refractivity contribution >= 4 is 5.69 Å². The van der Waals surface area contributed by atoms with Gasteiger partial charge in [-0.15, -0.1) is 0 Å². The van der Waals surface area contributed by atoms with Crippen LogP contribution < -0.4 is 10.1 Å². The number of halogens is 1. The van der Waals surface area contributed by atoms with Gasteiger partial charge in [-0.25, -0.2) is 4.39 Å². The van der Waals surface area contributed by atoms with Gasteiger partial charge in [0.15, 0.2) is 0 Å². The van der Waals surface area contributed by atoms with Crippen LogP contribution in [0.3, 0.4) is 0 Å². The molecule has 1 aliphatic heterocycles. The minimum atomic E-state index is -0.257. The zero-order chi connectivity index (χ0) is 15.2. The summed E-state index contributed by atoms with van der Waals surface area (Å²) in [6.45, 7) is 10.4. The second-order valence-corrected chi connectivity index (χ2v) is 5.78. The van der Waals surface area contributed by atoms with E-state index in [1.54, 1.807) is 6.07 Å². The van der Waals surface area contributed by atoms with E-state index in [4.69, 9.17) is 4.74 Å². The Labute approximate surface area is 127 Å². The van der Waals surface area contributed by atoms with E-state index in [-0.39, 0.29) is 5.82 Å². The fourth-order valence-electron chi connectivity index (χ4n) is 3.02. The van der Waals surface area contributed by atoms with Gasteiger partial charge < -0.3 is 15.0 Å². The number of piperidine rings is 1. The van der Waals surface area contributed by atoms with Crippen molar-refractivity contribution in [3.8, 4) is 5.75 Å². The lowest BCUT2D eigenvalue weighted by Crippen LogP contribution is -2.39. The van der Waals surface area contributed by atoms with Gasteiger partial charge in [0.1, 0.15) is 11.6 Å². The molecule has 21 heavy (non-hydrogen) atoms. The highest BCUT2D eigenvalue weighted by molar-refractivity contribution is 5.57. The Kier molecular flexibility index (Phi) is 5.85. The lowest BCUT2D eigenvalue weighted by atomic mass is 9.90. The van der Waals surface area contributed by atoms with Gasteiger partial charge in [-0.3, -0.25) is 0 Å². The number of anilines is 1. The zero-order valence-corrected chi connectivity index (χ0v) is 13.4. The number of benzene rings is 1. The first-order valence-electron chi connectivity index (χ1n) is 8.05. The van der Waals surface area contributed by atoms with Crippen LogP contribution in [0.4, 0.5) is 10.1 Å². The molecule has 1 fully saturated rings. The van der Waals surface area contributed by atoms with Crippen LogP contribution in [0.15, 0.2) is 18.2 Å². The van der Waals surface area contributed by atoms with E-state index in [1.807, 2.05) is 6.92 Å². The molecule has 0 aliphatic carbocycles. The Hall–Kier alpha value is -1.29. The highest BCUT2D eigenvalue weighted by Gasteiger charge is 2.23. The van der Waals surface area contributed by atoms with Crippen molar-refractivity contribution in [2.45, 2.75) is 39.7 Å². The van der Waals surface area contributed by atoms with Gasteiger partial charge in [-0.05, 0) is 64.4 Å². The summed E-state index contributed by atoms with van der Waals surface area (Å²) in [6.07, 6.45) is 2.43. The third-order valence-electron chi connectivity index (χ3n) is 4.41. The summed E-state index contributed by atoms with van der Waals surface area (Å²) in [6, 6.07) is 5.08. The largest absolute Gasteiger partial charge is 0.492 e. The summed E-state index contributed by atoms with van der Waals surface area (Å²) >= 11 is 0. The Morgan fingerprint density at radius 1 is 1.33 bits per heavy atom. The summed E-state index contributed by atoms with van der Waals surface area (Å²) in [7, 11) is 0.